The molecule has 2 N–H and O–H groups in total. The van der Waals surface area contributed by atoms with Crippen LogP contribution in [0, 0.1) is 5.92 Å². The molecule has 2 aromatic heterocycles. The van der Waals surface area contributed by atoms with E-state index >= 15 is 0 Å². The van der Waals surface area contributed by atoms with Gasteiger partial charge in [0.2, 0.25) is 5.89 Å². The maximum absolute atomic E-state index is 12.8. The fourth-order valence-corrected chi connectivity index (χ4v) is 3.58. The third-order valence-corrected chi connectivity index (χ3v) is 5.27. The third kappa shape index (κ3) is 3.91. The smallest absolute Gasteiger partial charge is 0.360 e. The average molecular weight is 427 g/mol. The van der Waals surface area contributed by atoms with Crippen molar-refractivity contribution in [1.82, 2.24) is 15.3 Å². The van der Waals surface area contributed by atoms with Crippen LogP contribution in [0.2, 0.25) is 0 Å². The van der Waals surface area contributed by atoms with Crippen LogP contribution in [0.1, 0.15) is 46.6 Å². The van der Waals surface area contributed by atoms with Crippen molar-refractivity contribution in [1.29, 1.82) is 0 Å². The number of esters is 1. The molecule has 0 aliphatic carbocycles. The molecule has 1 atom stereocenters. The molecule has 0 saturated carbocycles. The largest absolute Gasteiger partial charge is 0.464 e. The van der Waals surface area contributed by atoms with Crippen molar-refractivity contribution in [2.45, 2.75) is 19.9 Å². The number of ether oxygens (including phenoxy) is 1. The zero-order chi connectivity index (χ0) is 22.8. The number of rotatable bonds is 6. The summed E-state index contributed by atoms with van der Waals surface area (Å²) in [7, 11) is 7.34. The monoisotopic (exact) mass is 427 g/mol. The van der Waals surface area contributed by atoms with Crippen LogP contribution < -0.4 is 10.8 Å². The van der Waals surface area contributed by atoms with Gasteiger partial charge < -0.3 is 19.5 Å². The summed E-state index contributed by atoms with van der Waals surface area (Å²) < 4.78 is 11.0. The molecule has 2 radical (unpaired) electrons. The Hall–Kier alpha value is -3.81. The molecular formula is C24H22BN3O4. The number of hydrogen-bond acceptors (Lipinski definition) is 5. The van der Waals surface area contributed by atoms with Crippen LogP contribution in [0.25, 0.3) is 22.2 Å². The molecule has 160 valence electrons. The van der Waals surface area contributed by atoms with Crippen molar-refractivity contribution < 1.29 is 18.7 Å². The molecule has 2 heterocycles. The summed E-state index contributed by atoms with van der Waals surface area (Å²) in [5.41, 5.74) is 2.48. The lowest BCUT2D eigenvalue weighted by Gasteiger charge is -2.19. The van der Waals surface area contributed by atoms with E-state index in [0.717, 1.165) is 10.9 Å². The normalized spacial score (nSPS) is 12.1. The predicted molar refractivity (Wildman–Crippen MR) is 122 cm³/mol. The quantitative estimate of drug-likeness (QED) is 0.363. The number of oxazole rings is 1. The average Bonchev–Trinajstić information content (AvgIpc) is 3.42. The van der Waals surface area contributed by atoms with E-state index in [9.17, 15) is 9.59 Å². The van der Waals surface area contributed by atoms with E-state index in [2.05, 4.69) is 15.3 Å². The van der Waals surface area contributed by atoms with E-state index in [1.54, 1.807) is 36.5 Å². The molecule has 0 fully saturated rings. The summed E-state index contributed by atoms with van der Waals surface area (Å²) in [4.78, 5) is 32.8. The lowest BCUT2D eigenvalue weighted by molar-refractivity contribution is 0.0595. The molecule has 0 aliphatic heterocycles. The predicted octanol–water partition coefficient (Wildman–Crippen LogP) is 3.53. The molecule has 0 aliphatic rings. The molecule has 0 spiro atoms. The van der Waals surface area contributed by atoms with Crippen LogP contribution in [0.5, 0.6) is 0 Å². The van der Waals surface area contributed by atoms with Crippen LogP contribution in [-0.4, -0.2) is 36.8 Å². The van der Waals surface area contributed by atoms with Gasteiger partial charge in [0, 0.05) is 28.2 Å². The van der Waals surface area contributed by atoms with E-state index in [1.807, 2.05) is 32.0 Å². The van der Waals surface area contributed by atoms with E-state index < -0.39 is 12.0 Å². The van der Waals surface area contributed by atoms with E-state index in [-0.39, 0.29) is 29.2 Å². The van der Waals surface area contributed by atoms with Crippen molar-refractivity contribution in [3.63, 3.8) is 0 Å². The van der Waals surface area contributed by atoms with Gasteiger partial charge in [-0.25, -0.2) is 9.78 Å². The highest BCUT2D eigenvalue weighted by atomic mass is 16.5. The summed E-state index contributed by atoms with van der Waals surface area (Å²) in [6.45, 7) is 3.87. The first kappa shape index (κ1) is 21.4. The zero-order valence-electron chi connectivity index (χ0n) is 18.0. The Morgan fingerprint density at radius 1 is 1.12 bits per heavy atom. The minimum atomic E-state index is -0.634. The van der Waals surface area contributed by atoms with Crippen LogP contribution in [0.15, 0.2) is 59.1 Å². The second kappa shape index (κ2) is 8.74. The lowest BCUT2D eigenvalue weighted by Crippen LogP contribution is -2.32. The molecule has 4 aromatic rings. The second-order valence-corrected chi connectivity index (χ2v) is 7.75. The summed E-state index contributed by atoms with van der Waals surface area (Å²) >= 11 is 0. The van der Waals surface area contributed by atoms with Gasteiger partial charge in [0.05, 0.1) is 7.11 Å². The van der Waals surface area contributed by atoms with Gasteiger partial charge in [-0.2, -0.15) is 0 Å². The summed E-state index contributed by atoms with van der Waals surface area (Å²) in [6, 6.07) is 13.8. The van der Waals surface area contributed by atoms with Gasteiger partial charge in [0.15, 0.2) is 11.5 Å². The number of aromatic nitrogens is 2. The van der Waals surface area contributed by atoms with Gasteiger partial charge >= 0.3 is 5.97 Å². The maximum Gasteiger partial charge on any atom is 0.360 e. The minimum Gasteiger partial charge on any atom is -0.464 e. The number of H-pyrrole nitrogens is 1. The number of nitrogens with one attached hydrogen (secondary N) is 2. The number of carbonyl (C=O) groups excluding carboxylic acids is 2. The number of para-hydroxylation sites is 1. The number of fused-ring (bicyclic) bond motifs is 1. The van der Waals surface area contributed by atoms with Crippen molar-refractivity contribution in [2.24, 2.45) is 5.92 Å². The van der Waals surface area contributed by atoms with Gasteiger partial charge in [-0.1, -0.05) is 55.7 Å². The molecule has 0 saturated heterocycles. The lowest BCUT2D eigenvalue weighted by atomic mass is 9.93. The van der Waals surface area contributed by atoms with Crippen LogP contribution in [0.3, 0.4) is 0 Å². The van der Waals surface area contributed by atoms with Gasteiger partial charge in [-0.3, -0.25) is 4.79 Å². The van der Waals surface area contributed by atoms with E-state index in [1.165, 1.54) is 7.11 Å². The topological polar surface area (TPSA) is 97.2 Å². The Morgan fingerprint density at radius 2 is 1.88 bits per heavy atom. The van der Waals surface area contributed by atoms with Crippen LogP contribution in [-0.2, 0) is 4.74 Å². The van der Waals surface area contributed by atoms with Crippen LogP contribution in [0.4, 0.5) is 0 Å². The Morgan fingerprint density at radius 3 is 2.56 bits per heavy atom. The minimum absolute atomic E-state index is 0.0328. The summed E-state index contributed by atoms with van der Waals surface area (Å²) in [5, 5.41) is 3.75. The number of methoxy groups -OCH3 is 1. The number of aromatic amines is 1. The van der Waals surface area contributed by atoms with Crippen molar-refractivity contribution >= 4 is 36.1 Å². The number of carbonyl (C=O) groups is 2. The van der Waals surface area contributed by atoms with Gasteiger partial charge in [0.1, 0.15) is 13.9 Å². The Kier molecular flexibility index (Phi) is 5.86. The highest BCUT2D eigenvalue weighted by molar-refractivity contribution is 6.38. The first-order valence-electron chi connectivity index (χ1n) is 10.2. The Balaban J connectivity index is 1.78. The molecule has 0 bridgehead atoms. The zero-order valence-corrected chi connectivity index (χ0v) is 18.0. The van der Waals surface area contributed by atoms with Crippen molar-refractivity contribution in [3.05, 3.63) is 71.9 Å². The highest BCUT2D eigenvalue weighted by Gasteiger charge is 2.30. The summed E-state index contributed by atoms with van der Waals surface area (Å²) in [6.07, 6.45) is 1.71. The van der Waals surface area contributed by atoms with Gasteiger partial charge in [-0.05, 0) is 18.1 Å². The van der Waals surface area contributed by atoms with Gasteiger partial charge in [-0.15, -0.1) is 0 Å². The van der Waals surface area contributed by atoms with E-state index in [4.69, 9.17) is 17.0 Å². The molecule has 2 aromatic carbocycles. The molecular weight excluding hydrogens is 405 g/mol. The third-order valence-electron chi connectivity index (χ3n) is 5.27. The Labute approximate surface area is 186 Å². The number of amides is 1. The van der Waals surface area contributed by atoms with Gasteiger partial charge in [0.25, 0.3) is 5.91 Å². The maximum atomic E-state index is 12.8. The standard InChI is InChI=1S/C24H22BN3O4/c1-13(2)18(27-22(29)14-8-5-4-6-9-14)23-28-20(24(30)31-3)21(32-23)16-12-26-19-15(16)10-7-11-17(19)25/h4-13,18,26H,1-3H3,(H,27,29)/t18-/m0/s1. The van der Waals surface area contributed by atoms with Crippen molar-refractivity contribution in [2.75, 3.05) is 7.11 Å². The number of nitrogens with zero attached hydrogens (tertiary/aromatic N) is 1. The Bertz CT molecular complexity index is 1280. The molecule has 0 unspecified atom stereocenters. The van der Waals surface area contributed by atoms with Crippen LogP contribution >= 0.6 is 0 Å². The van der Waals surface area contributed by atoms with Crippen molar-refractivity contribution in [3.8, 4) is 11.3 Å². The molecule has 8 heteroatoms. The fraction of sp³-hybridized carbons (Fsp3) is 0.208. The molecule has 4 rings (SSSR count). The summed E-state index contributed by atoms with van der Waals surface area (Å²) in [5.74, 6) is -0.479. The van der Waals surface area contributed by atoms with E-state index in [0.29, 0.717) is 16.6 Å². The number of benzene rings is 2. The second-order valence-electron chi connectivity index (χ2n) is 7.75. The first-order chi connectivity index (χ1) is 15.4. The molecule has 1 amide bonds. The highest BCUT2D eigenvalue weighted by Crippen LogP contribution is 2.34. The fourth-order valence-electron chi connectivity index (χ4n) is 3.58. The number of hydrogen-bond donors (Lipinski definition) is 2. The SMILES string of the molecule is [B]c1cccc2c(-c3oc([C@@H](NC(=O)c4ccccc4)C(C)C)nc3C(=O)OC)c[nH]c12. The molecule has 32 heavy (non-hydrogen) atoms. The molecule has 7 nitrogen and oxygen atoms in total. The first-order valence-corrected chi connectivity index (χ1v) is 10.2.